The van der Waals surface area contributed by atoms with Crippen LogP contribution in [0.5, 0.6) is 0 Å². The van der Waals surface area contributed by atoms with Gasteiger partial charge >= 0.3 is 0 Å². The van der Waals surface area contributed by atoms with Crippen molar-refractivity contribution in [3.63, 3.8) is 0 Å². The van der Waals surface area contributed by atoms with Gasteiger partial charge in [0.1, 0.15) is 13.3 Å². The molecule has 9 nitrogen and oxygen atoms in total. The lowest BCUT2D eigenvalue weighted by molar-refractivity contribution is -0.676. The zero-order valence-electron chi connectivity index (χ0n) is 8.40. The van der Waals surface area contributed by atoms with E-state index in [1.54, 1.807) is 7.05 Å². The first-order chi connectivity index (χ1) is 7.00. The summed E-state index contributed by atoms with van der Waals surface area (Å²) in [5.41, 5.74) is 0. The SMILES string of the molecule is CN1CN([N+](=O)[O-])CCCN([N+](=O)[O-])C1. The van der Waals surface area contributed by atoms with Gasteiger partial charge in [0.05, 0.1) is 13.1 Å². The topological polar surface area (TPSA) is 96.0 Å². The first-order valence-electron chi connectivity index (χ1n) is 4.47. The quantitative estimate of drug-likeness (QED) is 0.444. The number of rotatable bonds is 2. The molecular weight excluding hydrogens is 206 g/mol. The number of hydrogen-bond donors (Lipinski definition) is 0. The third-order valence-corrected chi connectivity index (χ3v) is 2.10. The van der Waals surface area contributed by atoms with Crippen LogP contribution in [0.25, 0.3) is 0 Å². The molecule has 0 spiro atoms. The molecule has 0 bridgehead atoms. The Morgan fingerprint density at radius 2 is 1.40 bits per heavy atom. The highest BCUT2D eigenvalue weighted by Crippen LogP contribution is 2.03. The van der Waals surface area contributed by atoms with Crippen LogP contribution in [-0.2, 0) is 0 Å². The van der Waals surface area contributed by atoms with Crippen LogP contribution in [0.4, 0.5) is 0 Å². The third kappa shape index (κ3) is 3.20. The van der Waals surface area contributed by atoms with Crippen LogP contribution in [0.3, 0.4) is 0 Å². The van der Waals surface area contributed by atoms with Crippen molar-refractivity contribution in [2.24, 2.45) is 0 Å². The number of hydrogen-bond acceptors (Lipinski definition) is 5. The average molecular weight is 219 g/mol. The summed E-state index contributed by atoms with van der Waals surface area (Å²) in [5, 5.41) is 22.2. The molecule has 1 aliphatic heterocycles. The van der Waals surface area contributed by atoms with Crippen LogP contribution in [-0.4, -0.2) is 58.5 Å². The minimum absolute atomic E-state index is 0.0946. The van der Waals surface area contributed by atoms with Gasteiger partial charge < -0.3 is 0 Å². The zero-order chi connectivity index (χ0) is 11.4. The van der Waals surface area contributed by atoms with E-state index in [1.807, 2.05) is 0 Å². The molecule has 0 saturated carbocycles. The maximum atomic E-state index is 10.5. The number of nitro groups is 2. The lowest BCUT2D eigenvalue weighted by atomic mass is 10.4. The van der Waals surface area contributed by atoms with Crippen molar-refractivity contribution in [1.82, 2.24) is 14.9 Å². The van der Waals surface area contributed by atoms with Crippen LogP contribution in [0.2, 0.25) is 0 Å². The normalized spacial score (nSPS) is 19.5. The molecule has 0 radical (unpaired) electrons. The molecule has 0 N–H and O–H groups in total. The monoisotopic (exact) mass is 219 g/mol. The molecule has 15 heavy (non-hydrogen) atoms. The Bertz CT molecular complexity index is 236. The van der Waals surface area contributed by atoms with Gasteiger partial charge in [-0.25, -0.2) is 20.2 Å². The van der Waals surface area contributed by atoms with E-state index in [-0.39, 0.29) is 26.4 Å². The Morgan fingerprint density at radius 3 is 1.73 bits per heavy atom. The first-order valence-corrected chi connectivity index (χ1v) is 4.47. The Hall–Kier alpha value is -1.64. The molecule has 0 aliphatic carbocycles. The predicted molar refractivity (Wildman–Crippen MR) is 49.5 cm³/mol. The fourth-order valence-electron chi connectivity index (χ4n) is 1.45. The molecule has 1 rings (SSSR count). The number of nitrogens with zero attached hydrogens (tertiary/aromatic N) is 5. The molecule has 0 aromatic rings. The Labute approximate surface area is 86.1 Å². The molecule has 0 aromatic carbocycles. The highest BCUT2D eigenvalue weighted by Gasteiger charge is 2.25. The first kappa shape index (κ1) is 11.4. The van der Waals surface area contributed by atoms with Crippen molar-refractivity contribution >= 4 is 0 Å². The largest absolute Gasteiger partial charge is 0.262 e. The molecule has 1 saturated heterocycles. The standard InChI is InChI=1S/C6H13N5O4/c1-7-5-8(10(12)13)3-2-4-9(6-7)11(14)15/h2-6H2,1H3. The summed E-state index contributed by atoms with van der Waals surface area (Å²) in [5.74, 6) is 0. The molecule has 1 aliphatic rings. The van der Waals surface area contributed by atoms with E-state index in [0.29, 0.717) is 6.42 Å². The van der Waals surface area contributed by atoms with Crippen molar-refractivity contribution in [2.75, 3.05) is 33.5 Å². The van der Waals surface area contributed by atoms with Crippen LogP contribution in [0, 0.1) is 20.2 Å². The van der Waals surface area contributed by atoms with E-state index >= 15 is 0 Å². The average Bonchev–Trinajstić information content (AvgIpc) is 2.09. The van der Waals surface area contributed by atoms with Gasteiger partial charge in [0.25, 0.3) is 0 Å². The summed E-state index contributed by atoms with van der Waals surface area (Å²) in [7, 11) is 1.61. The highest BCUT2D eigenvalue weighted by molar-refractivity contribution is 4.56. The minimum Gasteiger partial charge on any atom is -0.262 e. The zero-order valence-corrected chi connectivity index (χ0v) is 8.40. The van der Waals surface area contributed by atoms with Crippen molar-refractivity contribution in [1.29, 1.82) is 0 Å². The van der Waals surface area contributed by atoms with Gasteiger partial charge in [-0.15, -0.1) is 10.0 Å². The lowest BCUT2D eigenvalue weighted by Gasteiger charge is -2.27. The van der Waals surface area contributed by atoms with Gasteiger partial charge in [-0.2, -0.15) is 0 Å². The van der Waals surface area contributed by atoms with Crippen molar-refractivity contribution in [2.45, 2.75) is 6.42 Å². The fraction of sp³-hybridized carbons (Fsp3) is 1.00. The molecule has 1 fully saturated rings. The second kappa shape index (κ2) is 4.73. The Balaban J connectivity index is 2.57. The predicted octanol–water partition coefficient (Wildman–Crippen LogP) is -0.776. The van der Waals surface area contributed by atoms with E-state index in [1.165, 1.54) is 4.90 Å². The molecule has 0 aromatic heterocycles. The highest BCUT2D eigenvalue weighted by atomic mass is 16.7. The molecule has 1 heterocycles. The third-order valence-electron chi connectivity index (χ3n) is 2.10. The van der Waals surface area contributed by atoms with Gasteiger partial charge in [0.15, 0.2) is 10.1 Å². The summed E-state index contributed by atoms with van der Waals surface area (Å²) in [6.07, 6.45) is 0.413. The second-order valence-corrected chi connectivity index (χ2v) is 3.43. The van der Waals surface area contributed by atoms with E-state index in [9.17, 15) is 20.2 Å². The summed E-state index contributed by atoms with van der Waals surface area (Å²) in [6, 6.07) is 0. The summed E-state index contributed by atoms with van der Waals surface area (Å²) in [4.78, 5) is 22.6. The van der Waals surface area contributed by atoms with Gasteiger partial charge in [-0.3, -0.25) is 4.90 Å². The van der Waals surface area contributed by atoms with Gasteiger partial charge in [-0.1, -0.05) is 0 Å². The lowest BCUT2D eigenvalue weighted by Crippen LogP contribution is -2.49. The molecule has 0 atom stereocenters. The van der Waals surface area contributed by atoms with E-state index in [0.717, 1.165) is 10.0 Å². The van der Waals surface area contributed by atoms with Crippen LogP contribution >= 0.6 is 0 Å². The Kier molecular flexibility index (Phi) is 3.61. The van der Waals surface area contributed by atoms with Gasteiger partial charge in [0.2, 0.25) is 0 Å². The second-order valence-electron chi connectivity index (χ2n) is 3.43. The maximum absolute atomic E-state index is 10.5. The van der Waals surface area contributed by atoms with Gasteiger partial charge in [-0.05, 0) is 13.5 Å². The van der Waals surface area contributed by atoms with Crippen LogP contribution < -0.4 is 0 Å². The molecule has 0 amide bonds. The maximum Gasteiger partial charge on any atom is 0.161 e. The number of hydrazine groups is 2. The van der Waals surface area contributed by atoms with Crippen molar-refractivity contribution < 1.29 is 10.1 Å². The molecule has 9 heteroatoms. The fourth-order valence-corrected chi connectivity index (χ4v) is 1.45. The van der Waals surface area contributed by atoms with Crippen molar-refractivity contribution in [3.05, 3.63) is 20.2 Å². The van der Waals surface area contributed by atoms with Crippen LogP contribution in [0.15, 0.2) is 0 Å². The summed E-state index contributed by atoms with van der Waals surface area (Å²) in [6.45, 7) is 0.637. The molecule has 86 valence electrons. The van der Waals surface area contributed by atoms with E-state index in [2.05, 4.69) is 0 Å². The summed E-state index contributed by atoms with van der Waals surface area (Å²) >= 11 is 0. The van der Waals surface area contributed by atoms with Crippen molar-refractivity contribution in [3.8, 4) is 0 Å². The molecule has 0 unspecified atom stereocenters. The smallest absolute Gasteiger partial charge is 0.161 e. The van der Waals surface area contributed by atoms with Gasteiger partial charge in [0, 0.05) is 0 Å². The summed E-state index contributed by atoms with van der Waals surface area (Å²) < 4.78 is 0. The minimum atomic E-state index is -0.474. The van der Waals surface area contributed by atoms with Crippen LogP contribution in [0.1, 0.15) is 6.42 Å². The van der Waals surface area contributed by atoms with E-state index < -0.39 is 10.1 Å². The van der Waals surface area contributed by atoms with E-state index in [4.69, 9.17) is 0 Å². The molecular formula is C6H13N5O4. The Morgan fingerprint density at radius 1 is 1.00 bits per heavy atom.